The number of carbonyl (C=O) groups is 1. The standard InChI is InChI=1S/C28H28N2O3S/c1-3-16-30-27(31)24(29(2)28(30)34)17-23-14-15-25(32-19-21-10-6-4-7-11-21)26(18-23)33-20-22-12-8-5-9-13-22/h4-15,17-18H,3,16,19-20H2,1-2H3. The minimum Gasteiger partial charge on any atom is -0.485 e. The first-order valence-electron chi connectivity index (χ1n) is 11.4. The molecule has 1 aliphatic rings. The van der Waals surface area contributed by atoms with Crippen molar-refractivity contribution in [3.63, 3.8) is 0 Å². The molecule has 0 atom stereocenters. The van der Waals surface area contributed by atoms with Crippen LogP contribution in [0.2, 0.25) is 0 Å². The lowest BCUT2D eigenvalue weighted by molar-refractivity contribution is -0.122. The van der Waals surface area contributed by atoms with Crippen molar-refractivity contribution in [2.45, 2.75) is 26.6 Å². The molecule has 3 aromatic rings. The number of hydrogen-bond acceptors (Lipinski definition) is 4. The van der Waals surface area contributed by atoms with Crippen LogP contribution in [0.4, 0.5) is 0 Å². The second-order valence-corrected chi connectivity index (χ2v) is 8.45. The highest BCUT2D eigenvalue weighted by Gasteiger charge is 2.34. The number of likely N-dealkylation sites (N-methyl/N-ethyl adjacent to an activating group) is 1. The number of amides is 1. The first kappa shape index (κ1) is 23.5. The molecule has 174 valence electrons. The van der Waals surface area contributed by atoms with Gasteiger partial charge in [0, 0.05) is 13.6 Å². The molecule has 4 rings (SSSR count). The van der Waals surface area contributed by atoms with Gasteiger partial charge in [-0.1, -0.05) is 73.7 Å². The topological polar surface area (TPSA) is 42.0 Å². The molecule has 1 amide bonds. The molecule has 3 aromatic carbocycles. The predicted molar refractivity (Wildman–Crippen MR) is 138 cm³/mol. The molecule has 0 unspecified atom stereocenters. The molecular weight excluding hydrogens is 444 g/mol. The van der Waals surface area contributed by atoms with Gasteiger partial charge in [0.25, 0.3) is 5.91 Å². The Hall–Kier alpha value is -3.64. The third kappa shape index (κ3) is 5.46. The van der Waals surface area contributed by atoms with Gasteiger partial charge in [0.15, 0.2) is 16.6 Å². The summed E-state index contributed by atoms with van der Waals surface area (Å²) in [6, 6.07) is 25.7. The lowest BCUT2D eigenvalue weighted by Gasteiger charge is -2.15. The Kier molecular flexibility index (Phi) is 7.60. The van der Waals surface area contributed by atoms with Crippen molar-refractivity contribution in [2.24, 2.45) is 0 Å². The first-order chi connectivity index (χ1) is 16.6. The number of hydrogen-bond donors (Lipinski definition) is 0. The maximum absolute atomic E-state index is 12.9. The van der Waals surface area contributed by atoms with Crippen molar-refractivity contribution >= 4 is 29.3 Å². The molecule has 0 N–H and O–H groups in total. The molecule has 0 saturated carbocycles. The van der Waals surface area contributed by atoms with Gasteiger partial charge in [-0.3, -0.25) is 9.69 Å². The average Bonchev–Trinajstić information content (AvgIpc) is 3.07. The monoisotopic (exact) mass is 472 g/mol. The van der Waals surface area contributed by atoms with Gasteiger partial charge in [0.2, 0.25) is 0 Å². The van der Waals surface area contributed by atoms with E-state index < -0.39 is 0 Å². The van der Waals surface area contributed by atoms with Gasteiger partial charge in [-0.25, -0.2) is 0 Å². The fraction of sp³-hybridized carbons (Fsp3) is 0.214. The van der Waals surface area contributed by atoms with E-state index in [2.05, 4.69) is 0 Å². The highest BCUT2D eigenvalue weighted by atomic mass is 32.1. The summed E-state index contributed by atoms with van der Waals surface area (Å²) < 4.78 is 12.3. The maximum Gasteiger partial charge on any atom is 0.276 e. The molecule has 0 spiro atoms. The van der Waals surface area contributed by atoms with Crippen molar-refractivity contribution in [2.75, 3.05) is 13.6 Å². The van der Waals surface area contributed by atoms with Crippen LogP contribution in [0, 0.1) is 0 Å². The van der Waals surface area contributed by atoms with Gasteiger partial charge in [-0.05, 0) is 53.5 Å². The minimum absolute atomic E-state index is 0.0782. The second kappa shape index (κ2) is 11.0. The van der Waals surface area contributed by atoms with Crippen LogP contribution in [0.25, 0.3) is 6.08 Å². The van der Waals surface area contributed by atoms with Crippen LogP contribution in [-0.2, 0) is 18.0 Å². The molecule has 34 heavy (non-hydrogen) atoms. The lowest BCUT2D eigenvalue weighted by Crippen LogP contribution is -2.31. The van der Waals surface area contributed by atoms with Gasteiger partial charge < -0.3 is 14.4 Å². The van der Waals surface area contributed by atoms with E-state index in [1.165, 1.54) is 0 Å². The summed E-state index contributed by atoms with van der Waals surface area (Å²) in [5.41, 5.74) is 3.52. The zero-order chi connectivity index (χ0) is 23.9. The SMILES string of the molecule is CCCN1C(=O)C(=Cc2ccc(OCc3ccccc3)c(OCc3ccccc3)c2)N(C)C1=S. The van der Waals surface area contributed by atoms with Gasteiger partial charge in [-0.2, -0.15) is 0 Å². The largest absolute Gasteiger partial charge is 0.485 e. The Morgan fingerprint density at radius 1 is 0.853 bits per heavy atom. The summed E-state index contributed by atoms with van der Waals surface area (Å²) in [5.74, 6) is 1.19. The van der Waals surface area contributed by atoms with Crippen molar-refractivity contribution in [1.82, 2.24) is 9.80 Å². The van der Waals surface area contributed by atoms with Crippen molar-refractivity contribution < 1.29 is 14.3 Å². The smallest absolute Gasteiger partial charge is 0.276 e. The van der Waals surface area contributed by atoms with Crippen molar-refractivity contribution in [3.8, 4) is 11.5 Å². The fourth-order valence-corrected chi connectivity index (χ4v) is 3.98. The lowest BCUT2D eigenvalue weighted by atomic mass is 10.1. The van der Waals surface area contributed by atoms with E-state index in [1.54, 1.807) is 9.80 Å². The number of rotatable bonds is 9. The Balaban J connectivity index is 1.60. The van der Waals surface area contributed by atoms with Gasteiger partial charge in [-0.15, -0.1) is 0 Å². The zero-order valence-corrected chi connectivity index (χ0v) is 20.3. The highest BCUT2D eigenvalue weighted by molar-refractivity contribution is 7.80. The number of carbonyl (C=O) groups excluding carboxylic acids is 1. The van der Waals surface area contributed by atoms with E-state index in [1.807, 2.05) is 98.9 Å². The summed E-state index contributed by atoms with van der Waals surface area (Å²) in [4.78, 5) is 16.3. The van der Waals surface area contributed by atoms with Crippen molar-refractivity contribution in [1.29, 1.82) is 0 Å². The summed E-state index contributed by atoms with van der Waals surface area (Å²) in [5, 5.41) is 0.529. The summed E-state index contributed by atoms with van der Waals surface area (Å²) in [6.07, 6.45) is 2.69. The van der Waals surface area contributed by atoms with Crippen LogP contribution in [0.15, 0.2) is 84.6 Å². The average molecular weight is 473 g/mol. The summed E-state index contributed by atoms with van der Waals surface area (Å²) >= 11 is 5.47. The normalized spacial score (nSPS) is 14.7. The van der Waals surface area contributed by atoms with Crippen LogP contribution in [0.1, 0.15) is 30.0 Å². The maximum atomic E-state index is 12.9. The number of ether oxygens (including phenoxy) is 2. The highest BCUT2D eigenvalue weighted by Crippen LogP contribution is 2.32. The Morgan fingerprint density at radius 2 is 1.44 bits per heavy atom. The molecule has 0 aromatic heterocycles. The molecule has 1 saturated heterocycles. The molecule has 6 heteroatoms. The van der Waals surface area contributed by atoms with Crippen LogP contribution in [0.3, 0.4) is 0 Å². The van der Waals surface area contributed by atoms with Gasteiger partial charge in [0.1, 0.15) is 18.9 Å². The first-order valence-corrected chi connectivity index (χ1v) is 11.8. The van der Waals surface area contributed by atoms with E-state index in [9.17, 15) is 4.79 Å². The van der Waals surface area contributed by atoms with Gasteiger partial charge in [0.05, 0.1) is 0 Å². The number of benzene rings is 3. The quantitative estimate of drug-likeness (QED) is 0.297. The molecule has 1 fully saturated rings. The Bertz CT molecular complexity index is 1180. The molecule has 0 bridgehead atoms. The number of thiocarbonyl (C=S) groups is 1. The Labute approximate surface area is 206 Å². The second-order valence-electron chi connectivity index (χ2n) is 8.08. The van der Waals surface area contributed by atoms with E-state index in [4.69, 9.17) is 21.7 Å². The van der Waals surface area contributed by atoms with E-state index >= 15 is 0 Å². The minimum atomic E-state index is -0.0782. The third-order valence-corrected chi connectivity index (χ3v) is 6.03. The van der Waals surface area contributed by atoms with Crippen LogP contribution >= 0.6 is 12.2 Å². The molecule has 0 radical (unpaired) electrons. The van der Waals surface area contributed by atoms with Crippen LogP contribution in [-0.4, -0.2) is 34.4 Å². The van der Waals surface area contributed by atoms with Gasteiger partial charge >= 0.3 is 0 Å². The molecular formula is C28H28N2O3S. The van der Waals surface area contributed by atoms with E-state index in [0.29, 0.717) is 42.1 Å². The van der Waals surface area contributed by atoms with Crippen LogP contribution in [0.5, 0.6) is 11.5 Å². The number of nitrogens with zero attached hydrogens (tertiary/aromatic N) is 2. The van der Waals surface area contributed by atoms with Crippen molar-refractivity contribution in [3.05, 3.63) is 101 Å². The summed E-state index contributed by atoms with van der Waals surface area (Å²) in [6.45, 7) is 3.49. The fourth-order valence-electron chi connectivity index (χ4n) is 3.71. The molecule has 1 heterocycles. The summed E-state index contributed by atoms with van der Waals surface area (Å²) in [7, 11) is 1.83. The van der Waals surface area contributed by atoms with E-state index in [-0.39, 0.29) is 5.91 Å². The van der Waals surface area contributed by atoms with E-state index in [0.717, 1.165) is 23.1 Å². The third-order valence-electron chi connectivity index (χ3n) is 5.54. The molecule has 1 aliphatic heterocycles. The predicted octanol–water partition coefficient (Wildman–Crippen LogP) is 5.65. The molecule has 5 nitrogen and oxygen atoms in total. The Morgan fingerprint density at radius 3 is 2.03 bits per heavy atom. The zero-order valence-electron chi connectivity index (χ0n) is 19.4. The molecule has 0 aliphatic carbocycles. The van der Waals surface area contributed by atoms with Crippen LogP contribution < -0.4 is 9.47 Å².